The van der Waals surface area contributed by atoms with E-state index in [0.29, 0.717) is 34.6 Å². The Balaban J connectivity index is 1.77. The summed E-state index contributed by atoms with van der Waals surface area (Å²) in [6, 6.07) is 14.5. The minimum absolute atomic E-state index is 0.126. The molecule has 144 valence electrons. The van der Waals surface area contributed by atoms with Crippen LogP contribution in [-0.4, -0.2) is 30.1 Å². The van der Waals surface area contributed by atoms with E-state index >= 15 is 0 Å². The van der Waals surface area contributed by atoms with Crippen LogP contribution in [0.25, 0.3) is 0 Å². The standard InChI is InChI=1S/C20H21N5O3/c1-13(26)22-14-5-4-6-15(11-14)23-19-9-10-21-20(25-19)24-17-8-7-16(27-2)12-18(17)28-3/h4-12H,1-3H3,(H,22,26)(H2,21,23,24,25). The van der Waals surface area contributed by atoms with Gasteiger partial charge in [0, 0.05) is 30.6 Å². The fourth-order valence-corrected chi connectivity index (χ4v) is 2.54. The summed E-state index contributed by atoms with van der Waals surface area (Å²) in [6.07, 6.45) is 1.64. The monoisotopic (exact) mass is 379 g/mol. The number of ether oxygens (including phenoxy) is 2. The number of nitrogens with one attached hydrogen (secondary N) is 3. The maximum Gasteiger partial charge on any atom is 0.229 e. The van der Waals surface area contributed by atoms with Crippen LogP contribution in [0.5, 0.6) is 11.5 Å². The second-order valence-corrected chi connectivity index (χ2v) is 5.84. The summed E-state index contributed by atoms with van der Waals surface area (Å²) in [5, 5.41) is 9.08. The average molecular weight is 379 g/mol. The zero-order valence-corrected chi connectivity index (χ0v) is 15.8. The van der Waals surface area contributed by atoms with E-state index < -0.39 is 0 Å². The first-order valence-electron chi connectivity index (χ1n) is 8.54. The highest BCUT2D eigenvalue weighted by atomic mass is 16.5. The lowest BCUT2D eigenvalue weighted by Crippen LogP contribution is -2.06. The van der Waals surface area contributed by atoms with Gasteiger partial charge < -0.3 is 25.4 Å². The Morgan fingerprint density at radius 2 is 1.79 bits per heavy atom. The van der Waals surface area contributed by atoms with Crippen LogP contribution < -0.4 is 25.4 Å². The second kappa shape index (κ2) is 8.72. The smallest absolute Gasteiger partial charge is 0.229 e. The van der Waals surface area contributed by atoms with Gasteiger partial charge in [-0.2, -0.15) is 4.98 Å². The lowest BCUT2D eigenvalue weighted by atomic mass is 10.2. The molecule has 0 bridgehead atoms. The van der Waals surface area contributed by atoms with Crippen LogP contribution in [0.4, 0.5) is 28.8 Å². The molecule has 0 spiro atoms. The number of hydrogen-bond donors (Lipinski definition) is 3. The number of amides is 1. The van der Waals surface area contributed by atoms with Crippen LogP contribution >= 0.6 is 0 Å². The zero-order chi connectivity index (χ0) is 19.9. The molecule has 1 amide bonds. The molecule has 3 N–H and O–H groups in total. The number of methoxy groups -OCH3 is 2. The molecule has 3 aromatic rings. The lowest BCUT2D eigenvalue weighted by Gasteiger charge is -2.12. The van der Waals surface area contributed by atoms with E-state index in [0.717, 1.165) is 5.69 Å². The zero-order valence-electron chi connectivity index (χ0n) is 15.8. The first-order valence-corrected chi connectivity index (χ1v) is 8.54. The molecule has 1 aromatic heterocycles. The minimum Gasteiger partial charge on any atom is -0.497 e. The van der Waals surface area contributed by atoms with E-state index in [2.05, 4.69) is 25.9 Å². The topological polar surface area (TPSA) is 97.4 Å². The predicted octanol–water partition coefficient (Wildman–Crippen LogP) is 3.94. The Bertz CT molecular complexity index is 978. The van der Waals surface area contributed by atoms with Crippen molar-refractivity contribution in [2.75, 3.05) is 30.2 Å². The molecule has 0 fully saturated rings. The Hall–Kier alpha value is -3.81. The Morgan fingerprint density at radius 1 is 0.964 bits per heavy atom. The molecule has 0 aliphatic rings. The summed E-state index contributed by atoms with van der Waals surface area (Å²) >= 11 is 0. The van der Waals surface area contributed by atoms with Gasteiger partial charge in [-0.1, -0.05) is 6.07 Å². The minimum atomic E-state index is -0.126. The molecule has 0 saturated carbocycles. The van der Waals surface area contributed by atoms with E-state index in [1.165, 1.54) is 6.92 Å². The van der Waals surface area contributed by atoms with Gasteiger partial charge in [0.25, 0.3) is 0 Å². The van der Waals surface area contributed by atoms with E-state index in [1.54, 1.807) is 32.5 Å². The van der Waals surface area contributed by atoms with Gasteiger partial charge in [0.2, 0.25) is 11.9 Å². The van der Waals surface area contributed by atoms with Crippen LogP contribution in [0, 0.1) is 0 Å². The van der Waals surface area contributed by atoms with Crippen LogP contribution in [-0.2, 0) is 4.79 Å². The van der Waals surface area contributed by atoms with Crippen LogP contribution in [0.3, 0.4) is 0 Å². The van der Waals surface area contributed by atoms with Crippen molar-refractivity contribution in [3.05, 3.63) is 54.7 Å². The molecular weight excluding hydrogens is 358 g/mol. The van der Waals surface area contributed by atoms with Gasteiger partial charge in [0.05, 0.1) is 19.9 Å². The largest absolute Gasteiger partial charge is 0.497 e. The number of carbonyl (C=O) groups is 1. The van der Waals surface area contributed by atoms with Gasteiger partial charge >= 0.3 is 0 Å². The molecule has 0 atom stereocenters. The number of anilines is 5. The molecule has 8 heteroatoms. The van der Waals surface area contributed by atoms with E-state index in [1.807, 2.05) is 36.4 Å². The molecule has 0 unspecified atom stereocenters. The third kappa shape index (κ3) is 4.88. The summed E-state index contributed by atoms with van der Waals surface area (Å²) in [4.78, 5) is 19.9. The number of benzene rings is 2. The first-order chi connectivity index (χ1) is 13.6. The third-order valence-corrected chi connectivity index (χ3v) is 3.77. The SMILES string of the molecule is COc1ccc(Nc2nccc(Nc3cccc(NC(C)=O)c3)n2)c(OC)c1. The summed E-state index contributed by atoms with van der Waals surface area (Å²) in [5.74, 6) is 2.19. The second-order valence-electron chi connectivity index (χ2n) is 5.84. The molecule has 1 heterocycles. The number of hydrogen-bond acceptors (Lipinski definition) is 7. The maximum atomic E-state index is 11.2. The summed E-state index contributed by atoms with van der Waals surface area (Å²) in [5.41, 5.74) is 2.21. The molecule has 28 heavy (non-hydrogen) atoms. The van der Waals surface area contributed by atoms with Crippen molar-refractivity contribution in [3.63, 3.8) is 0 Å². The quantitative estimate of drug-likeness (QED) is 0.572. The fourth-order valence-electron chi connectivity index (χ4n) is 2.54. The average Bonchev–Trinajstić information content (AvgIpc) is 2.68. The van der Waals surface area contributed by atoms with Crippen LogP contribution in [0.2, 0.25) is 0 Å². The van der Waals surface area contributed by atoms with Crippen molar-refractivity contribution < 1.29 is 14.3 Å². The third-order valence-electron chi connectivity index (χ3n) is 3.77. The van der Waals surface area contributed by atoms with E-state index in [-0.39, 0.29) is 5.91 Å². The number of nitrogens with zero attached hydrogens (tertiary/aromatic N) is 2. The summed E-state index contributed by atoms with van der Waals surface area (Å²) in [6.45, 7) is 1.47. The number of carbonyl (C=O) groups excluding carboxylic acids is 1. The Morgan fingerprint density at radius 3 is 2.54 bits per heavy atom. The summed E-state index contributed by atoms with van der Waals surface area (Å²) < 4.78 is 10.6. The van der Waals surface area contributed by atoms with Crippen LogP contribution in [0.1, 0.15) is 6.92 Å². The molecule has 8 nitrogen and oxygen atoms in total. The van der Waals surface area contributed by atoms with Crippen molar-refractivity contribution >= 4 is 34.7 Å². The van der Waals surface area contributed by atoms with Gasteiger partial charge in [0.15, 0.2) is 0 Å². The lowest BCUT2D eigenvalue weighted by molar-refractivity contribution is -0.114. The van der Waals surface area contributed by atoms with E-state index in [4.69, 9.17) is 9.47 Å². The highest BCUT2D eigenvalue weighted by molar-refractivity contribution is 5.89. The predicted molar refractivity (Wildman–Crippen MR) is 109 cm³/mol. The van der Waals surface area contributed by atoms with Crippen molar-refractivity contribution in [2.24, 2.45) is 0 Å². The molecule has 0 saturated heterocycles. The van der Waals surface area contributed by atoms with Crippen molar-refractivity contribution in [3.8, 4) is 11.5 Å². The highest BCUT2D eigenvalue weighted by Crippen LogP contribution is 2.31. The van der Waals surface area contributed by atoms with Crippen molar-refractivity contribution in [1.82, 2.24) is 9.97 Å². The van der Waals surface area contributed by atoms with Gasteiger partial charge in [0.1, 0.15) is 17.3 Å². The Labute approximate surface area is 162 Å². The molecule has 0 aliphatic heterocycles. The molecule has 0 radical (unpaired) electrons. The maximum absolute atomic E-state index is 11.2. The van der Waals surface area contributed by atoms with Crippen LogP contribution in [0.15, 0.2) is 54.7 Å². The normalized spacial score (nSPS) is 10.1. The summed E-state index contributed by atoms with van der Waals surface area (Å²) in [7, 11) is 3.18. The molecular formula is C20H21N5O3. The van der Waals surface area contributed by atoms with Gasteiger partial charge in [-0.05, 0) is 36.4 Å². The highest BCUT2D eigenvalue weighted by Gasteiger charge is 2.08. The number of rotatable bonds is 7. The number of aromatic nitrogens is 2. The van der Waals surface area contributed by atoms with Crippen molar-refractivity contribution in [1.29, 1.82) is 0 Å². The van der Waals surface area contributed by atoms with Gasteiger partial charge in [-0.15, -0.1) is 0 Å². The Kier molecular flexibility index (Phi) is 5.91. The molecule has 0 aliphatic carbocycles. The fraction of sp³-hybridized carbons (Fsp3) is 0.150. The molecule has 3 rings (SSSR count). The first kappa shape index (κ1) is 19.0. The molecule has 2 aromatic carbocycles. The van der Waals surface area contributed by atoms with E-state index in [9.17, 15) is 4.79 Å². The van der Waals surface area contributed by atoms with Gasteiger partial charge in [-0.3, -0.25) is 4.79 Å². The van der Waals surface area contributed by atoms with Crippen molar-refractivity contribution in [2.45, 2.75) is 6.92 Å². The van der Waals surface area contributed by atoms with Gasteiger partial charge in [-0.25, -0.2) is 4.98 Å².